The Balaban J connectivity index is 1.98. The van der Waals surface area contributed by atoms with Crippen molar-refractivity contribution in [3.8, 4) is 0 Å². The number of nitrogens with zero attached hydrogens (tertiary/aromatic N) is 2. The molecule has 3 aromatic rings. The average Bonchev–Trinajstić information content (AvgIpc) is 3.09. The van der Waals surface area contributed by atoms with Crippen LogP contribution in [-0.4, -0.2) is 15.5 Å². The Hall–Kier alpha value is -2.45. The second kappa shape index (κ2) is 5.15. The number of hydrazine groups is 1. The Morgan fingerprint density at radius 2 is 2.38 bits per heavy atom. The number of furan rings is 1. The van der Waals surface area contributed by atoms with Gasteiger partial charge in [-0.25, -0.2) is 10.8 Å². The Morgan fingerprint density at radius 1 is 1.57 bits per heavy atom. The van der Waals surface area contributed by atoms with Crippen LogP contribution in [0, 0.1) is 6.92 Å². The van der Waals surface area contributed by atoms with Crippen LogP contribution in [0.5, 0.6) is 0 Å². The van der Waals surface area contributed by atoms with E-state index in [0.717, 1.165) is 5.56 Å². The van der Waals surface area contributed by atoms with Crippen LogP contribution in [0.4, 0.5) is 0 Å². The highest BCUT2D eigenvalue weighted by Gasteiger charge is 2.14. The first kappa shape index (κ1) is 13.5. The van der Waals surface area contributed by atoms with Crippen molar-refractivity contribution in [2.24, 2.45) is 5.84 Å². The average molecular weight is 304 g/mol. The lowest BCUT2D eigenvalue weighted by atomic mass is 10.2. The molecule has 0 bridgehead atoms. The van der Waals surface area contributed by atoms with Crippen LogP contribution in [0.1, 0.15) is 21.9 Å². The van der Waals surface area contributed by atoms with E-state index in [1.54, 1.807) is 19.1 Å². The molecule has 3 N–H and O–H groups in total. The highest BCUT2D eigenvalue weighted by molar-refractivity contribution is 7.17. The predicted octanol–water partition coefficient (Wildman–Crippen LogP) is 1.01. The van der Waals surface area contributed by atoms with Crippen LogP contribution in [0.25, 0.3) is 10.2 Å². The predicted molar refractivity (Wildman–Crippen MR) is 78.1 cm³/mol. The van der Waals surface area contributed by atoms with E-state index in [9.17, 15) is 9.59 Å². The summed E-state index contributed by atoms with van der Waals surface area (Å²) in [4.78, 5) is 28.0. The quantitative estimate of drug-likeness (QED) is 0.427. The first-order valence-electron chi connectivity index (χ1n) is 6.13. The number of hydrogen-bond acceptors (Lipinski definition) is 6. The summed E-state index contributed by atoms with van der Waals surface area (Å²) in [5, 5.41) is 1.83. The van der Waals surface area contributed by atoms with E-state index in [4.69, 9.17) is 10.3 Å². The molecule has 0 aliphatic carbocycles. The van der Waals surface area contributed by atoms with Crippen LogP contribution in [0.15, 0.2) is 33.1 Å². The minimum atomic E-state index is -0.511. The number of carbonyl (C=O) groups is 1. The number of nitrogens with two attached hydrogens (primary N) is 1. The molecule has 0 fully saturated rings. The Kier molecular flexibility index (Phi) is 3.32. The lowest BCUT2D eigenvalue weighted by molar-refractivity contribution is 0.0924. The molecular weight excluding hydrogens is 292 g/mol. The molecule has 21 heavy (non-hydrogen) atoms. The van der Waals surface area contributed by atoms with Crippen molar-refractivity contribution in [1.29, 1.82) is 0 Å². The van der Waals surface area contributed by atoms with Gasteiger partial charge in [0.1, 0.15) is 10.5 Å². The molecular formula is C13H12N4O3S. The van der Waals surface area contributed by atoms with E-state index < -0.39 is 5.91 Å². The molecule has 8 heteroatoms. The minimum Gasteiger partial charge on any atom is -0.456 e. The molecule has 0 aliphatic rings. The van der Waals surface area contributed by atoms with Gasteiger partial charge in [-0.2, -0.15) is 0 Å². The van der Waals surface area contributed by atoms with Gasteiger partial charge in [0, 0.05) is 5.56 Å². The molecule has 0 aliphatic heterocycles. The summed E-state index contributed by atoms with van der Waals surface area (Å²) in [6.45, 7) is 2.01. The van der Waals surface area contributed by atoms with Crippen LogP contribution in [0.3, 0.4) is 0 Å². The van der Waals surface area contributed by atoms with Crippen molar-refractivity contribution in [2.45, 2.75) is 13.5 Å². The third kappa shape index (κ3) is 2.34. The van der Waals surface area contributed by atoms with Gasteiger partial charge in [0.05, 0.1) is 18.4 Å². The van der Waals surface area contributed by atoms with Crippen LogP contribution >= 0.6 is 11.3 Å². The normalized spacial score (nSPS) is 11.0. The second-order valence-corrected chi connectivity index (χ2v) is 5.39. The standard InChI is InChI=1S/C13H12N4O3S/c1-7-8(4-10(20-7)12(18)16-14)5-17-6-15-9-2-3-21-11(9)13(17)19/h2-4,6H,5,14H2,1H3,(H,16,18). The molecule has 0 unspecified atom stereocenters. The van der Waals surface area contributed by atoms with Crippen molar-refractivity contribution in [3.63, 3.8) is 0 Å². The van der Waals surface area contributed by atoms with Crippen molar-refractivity contribution in [3.05, 3.63) is 51.3 Å². The maximum atomic E-state index is 12.3. The fourth-order valence-electron chi connectivity index (χ4n) is 2.03. The van der Waals surface area contributed by atoms with Gasteiger partial charge < -0.3 is 4.42 Å². The largest absolute Gasteiger partial charge is 0.456 e. The first-order chi connectivity index (χ1) is 10.1. The van der Waals surface area contributed by atoms with E-state index in [2.05, 4.69) is 4.98 Å². The summed E-state index contributed by atoms with van der Waals surface area (Å²) in [5.41, 5.74) is 3.31. The zero-order valence-electron chi connectivity index (χ0n) is 11.1. The lowest BCUT2D eigenvalue weighted by Gasteiger charge is -2.03. The summed E-state index contributed by atoms with van der Waals surface area (Å²) >= 11 is 1.36. The molecule has 1 amide bonds. The van der Waals surface area contributed by atoms with Crippen LogP contribution in [0.2, 0.25) is 0 Å². The molecule has 7 nitrogen and oxygen atoms in total. The number of nitrogen functional groups attached to an aromatic ring is 1. The van der Waals surface area contributed by atoms with Gasteiger partial charge >= 0.3 is 5.91 Å². The first-order valence-corrected chi connectivity index (χ1v) is 7.01. The Bertz CT molecular complexity index is 877. The summed E-state index contributed by atoms with van der Waals surface area (Å²) in [5.74, 6) is 5.23. The number of carbonyl (C=O) groups excluding carboxylic acids is 1. The zero-order valence-corrected chi connectivity index (χ0v) is 11.9. The van der Waals surface area contributed by atoms with E-state index in [-0.39, 0.29) is 17.9 Å². The number of amides is 1. The number of aromatic nitrogens is 2. The van der Waals surface area contributed by atoms with E-state index in [0.29, 0.717) is 16.0 Å². The molecule has 3 rings (SSSR count). The number of fused-ring (bicyclic) bond motifs is 1. The summed E-state index contributed by atoms with van der Waals surface area (Å²) in [6, 6.07) is 3.38. The second-order valence-electron chi connectivity index (χ2n) is 4.48. The molecule has 0 saturated carbocycles. The highest BCUT2D eigenvalue weighted by atomic mass is 32.1. The summed E-state index contributed by atoms with van der Waals surface area (Å²) in [7, 11) is 0. The maximum Gasteiger partial charge on any atom is 0.300 e. The fourth-order valence-corrected chi connectivity index (χ4v) is 2.83. The van der Waals surface area contributed by atoms with Crippen molar-refractivity contribution in [2.75, 3.05) is 0 Å². The SMILES string of the molecule is Cc1oc(C(=O)NN)cc1Cn1cnc2ccsc2c1=O. The lowest BCUT2D eigenvalue weighted by Crippen LogP contribution is -2.29. The van der Waals surface area contributed by atoms with Gasteiger partial charge in [-0.1, -0.05) is 0 Å². The zero-order chi connectivity index (χ0) is 15.0. The molecule has 0 radical (unpaired) electrons. The molecule has 0 spiro atoms. The molecule has 0 saturated heterocycles. The molecule has 0 aromatic carbocycles. The number of aryl methyl sites for hydroxylation is 1. The van der Waals surface area contributed by atoms with Gasteiger partial charge in [0.25, 0.3) is 5.56 Å². The molecule has 3 aromatic heterocycles. The number of nitrogens with one attached hydrogen (secondary N) is 1. The Morgan fingerprint density at radius 3 is 3.14 bits per heavy atom. The summed E-state index contributed by atoms with van der Waals surface area (Å²) in [6.07, 6.45) is 1.49. The third-order valence-corrected chi connectivity index (χ3v) is 4.04. The minimum absolute atomic E-state index is 0.111. The number of hydrogen-bond donors (Lipinski definition) is 2. The topological polar surface area (TPSA) is 103 Å². The monoisotopic (exact) mass is 304 g/mol. The third-order valence-electron chi connectivity index (χ3n) is 3.15. The van der Waals surface area contributed by atoms with Crippen molar-refractivity contribution >= 4 is 27.5 Å². The van der Waals surface area contributed by atoms with Gasteiger partial charge in [0.2, 0.25) is 0 Å². The van der Waals surface area contributed by atoms with E-state index in [1.807, 2.05) is 10.8 Å². The fraction of sp³-hybridized carbons (Fsp3) is 0.154. The van der Waals surface area contributed by atoms with Crippen LogP contribution < -0.4 is 16.8 Å². The highest BCUT2D eigenvalue weighted by Crippen LogP contribution is 2.17. The number of thiophene rings is 1. The smallest absolute Gasteiger partial charge is 0.300 e. The van der Waals surface area contributed by atoms with Gasteiger partial charge in [-0.15, -0.1) is 11.3 Å². The summed E-state index contributed by atoms with van der Waals surface area (Å²) < 4.78 is 7.42. The van der Waals surface area contributed by atoms with Gasteiger partial charge in [-0.05, 0) is 24.4 Å². The van der Waals surface area contributed by atoms with Gasteiger partial charge in [0.15, 0.2) is 5.76 Å². The molecule has 108 valence electrons. The molecule has 0 atom stereocenters. The van der Waals surface area contributed by atoms with E-state index in [1.165, 1.54) is 22.2 Å². The maximum absolute atomic E-state index is 12.3. The van der Waals surface area contributed by atoms with Gasteiger partial charge in [-0.3, -0.25) is 19.6 Å². The Labute approximate surface area is 123 Å². The van der Waals surface area contributed by atoms with Crippen molar-refractivity contribution < 1.29 is 9.21 Å². The van der Waals surface area contributed by atoms with Crippen LogP contribution in [-0.2, 0) is 6.54 Å². The van der Waals surface area contributed by atoms with E-state index >= 15 is 0 Å². The molecule has 3 heterocycles. The van der Waals surface area contributed by atoms with Crippen molar-refractivity contribution in [1.82, 2.24) is 15.0 Å². The number of rotatable bonds is 3.